The van der Waals surface area contributed by atoms with Crippen LogP contribution in [0.1, 0.15) is 24.0 Å². The lowest BCUT2D eigenvalue weighted by Gasteiger charge is -2.29. The lowest BCUT2D eigenvalue weighted by Crippen LogP contribution is -2.34. The van der Waals surface area contributed by atoms with Crippen molar-refractivity contribution in [3.63, 3.8) is 0 Å². The first-order valence-corrected chi connectivity index (χ1v) is 12.6. The number of benzene rings is 2. The van der Waals surface area contributed by atoms with E-state index in [1.54, 1.807) is 6.20 Å². The molecule has 0 amide bonds. The molecule has 1 N–H and O–H groups in total. The molecular weight excluding hydrogens is 450 g/mol. The fourth-order valence-corrected chi connectivity index (χ4v) is 5.58. The monoisotopic (exact) mass is 479 g/mol. The van der Waals surface area contributed by atoms with E-state index in [0.29, 0.717) is 42.6 Å². The van der Waals surface area contributed by atoms with Gasteiger partial charge in [0.25, 0.3) is 5.88 Å². The predicted molar refractivity (Wildman–Crippen MR) is 139 cm³/mol. The fourth-order valence-electron chi connectivity index (χ4n) is 5.58. The topological polar surface area (TPSA) is 67.2 Å². The Labute approximate surface area is 210 Å². The van der Waals surface area contributed by atoms with E-state index in [0.717, 1.165) is 42.0 Å². The number of likely N-dealkylation sites (tertiary alicyclic amines) is 1. The number of nitrogens with zero attached hydrogens (tertiary/aromatic N) is 5. The predicted octanol–water partition coefficient (Wildman–Crippen LogP) is 4.79. The highest BCUT2D eigenvalue weighted by atomic mass is 16.5. The molecule has 3 heterocycles. The van der Waals surface area contributed by atoms with E-state index < -0.39 is 0 Å². The molecule has 1 aliphatic heterocycles. The molecule has 2 aliphatic rings. The molecule has 0 bridgehead atoms. The third-order valence-electron chi connectivity index (χ3n) is 7.35. The largest absolute Gasteiger partial charge is 0.475 e. The van der Waals surface area contributed by atoms with Gasteiger partial charge in [-0.3, -0.25) is 4.40 Å². The highest BCUT2D eigenvalue weighted by molar-refractivity contribution is 5.82. The summed E-state index contributed by atoms with van der Waals surface area (Å²) in [4.78, 5) is 15.6. The number of ether oxygens (including phenoxy) is 1. The van der Waals surface area contributed by atoms with Crippen LogP contribution in [0, 0.1) is 12.5 Å². The number of piperidine rings is 1. The molecule has 182 valence electrons. The van der Waals surface area contributed by atoms with Gasteiger partial charge in [0.15, 0.2) is 5.69 Å². The Morgan fingerprint density at radius 2 is 1.92 bits per heavy atom. The van der Waals surface area contributed by atoms with Crippen molar-refractivity contribution in [2.24, 2.45) is 5.92 Å². The van der Waals surface area contributed by atoms with E-state index in [-0.39, 0.29) is 6.10 Å². The molecule has 0 saturated carbocycles. The summed E-state index contributed by atoms with van der Waals surface area (Å²) < 4.78 is 8.40. The molecule has 7 heteroatoms. The second kappa shape index (κ2) is 9.38. The van der Waals surface area contributed by atoms with Crippen molar-refractivity contribution in [3.8, 4) is 28.4 Å². The van der Waals surface area contributed by atoms with Crippen LogP contribution < -0.4 is 4.74 Å². The van der Waals surface area contributed by atoms with Crippen molar-refractivity contribution in [1.29, 1.82) is 0 Å². The van der Waals surface area contributed by atoms with Crippen LogP contribution in [0.2, 0.25) is 0 Å². The smallest absolute Gasteiger partial charge is 0.259 e. The molecule has 0 spiro atoms. The maximum absolute atomic E-state index is 10.2. The molecule has 2 aromatic heterocycles. The summed E-state index contributed by atoms with van der Waals surface area (Å²) in [6.45, 7) is 10.1. The Bertz CT molecular complexity index is 1450. The first kappa shape index (κ1) is 22.7. The number of hydrogen-bond donors (Lipinski definition) is 1. The molecule has 1 unspecified atom stereocenters. The van der Waals surface area contributed by atoms with E-state index in [1.807, 2.05) is 30.5 Å². The van der Waals surface area contributed by atoms with Gasteiger partial charge in [0, 0.05) is 30.4 Å². The minimum atomic E-state index is -0.322. The fraction of sp³-hybridized carbons (Fsp3) is 0.345. The summed E-state index contributed by atoms with van der Waals surface area (Å²) in [5.74, 6) is 0.989. The molecule has 2 aromatic carbocycles. The van der Waals surface area contributed by atoms with Crippen molar-refractivity contribution in [1.82, 2.24) is 19.3 Å². The van der Waals surface area contributed by atoms with Gasteiger partial charge in [-0.15, -0.1) is 0 Å². The Hall–Kier alpha value is -3.73. The van der Waals surface area contributed by atoms with Gasteiger partial charge in [-0.1, -0.05) is 36.4 Å². The second-order valence-corrected chi connectivity index (χ2v) is 10.0. The standard InChI is InChI=1S/C29H29N5O2/c1-30-24-9-7-20(8-10-24)26-27(22-6-5-21-15-25(35)16-23(21)14-22)34-13-11-31-28(34)29(32-26)36-18-19-4-3-12-33(2)17-19/h5-11,13-14,19,25,35H,3-4,12,15-18H2,2H3/t19-,25?/m1/s1. The van der Waals surface area contributed by atoms with Crippen LogP contribution in [0.15, 0.2) is 54.9 Å². The van der Waals surface area contributed by atoms with Crippen LogP contribution in [-0.4, -0.2) is 57.2 Å². The summed E-state index contributed by atoms with van der Waals surface area (Å²) in [6, 6.07) is 13.9. The van der Waals surface area contributed by atoms with E-state index in [4.69, 9.17) is 16.3 Å². The molecule has 0 radical (unpaired) electrons. The molecule has 6 rings (SSSR count). The van der Waals surface area contributed by atoms with E-state index >= 15 is 0 Å². The Morgan fingerprint density at radius 3 is 2.72 bits per heavy atom. The highest BCUT2D eigenvalue weighted by Crippen LogP contribution is 2.37. The normalized spacial score (nSPS) is 19.8. The van der Waals surface area contributed by atoms with Gasteiger partial charge in [-0.05, 0) is 62.0 Å². The first-order chi connectivity index (χ1) is 17.6. The van der Waals surface area contributed by atoms with Crippen molar-refractivity contribution >= 4 is 11.3 Å². The molecule has 36 heavy (non-hydrogen) atoms. The first-order valence-electron chi connectivity index (χ1n) is 12.6. The zero-order valence-corrected chi connectivity index (χ0v) is 20.4. The van der Waals surface area contributed by atoms with Crippen LogP contribution >= 0.6 is 0 Å². The summed E-state index contributed by atoms with van der Waals surface area (Å²) in [6.07, 6.45) is 7.10. The van der Waals surface area contributed by atoms with Crippen LogP contribution in [-0.2, 0) is 12.8 Å². The SMILES string of the molecule is [C-]#[N+]c1ccc(-c2nc(OC[C@@H]3CCCN(C)C3)c3nccn3c2-c2ccc3c(c2)CC(O)C3)cc1. The Balaban J connectivity index is 1.47. The highest BCUT2D eigenvalue weighted by Gasteiger charge is 2.24. The molecule has 1 fully saturated rings. The summed E-state index contributed by atoms with van der Waals surface area (Å²) in [5.41, 5.74) is 7.28. The number of fused-ring (bicyclic) bond motifs is 2. The zero-order valence-electron chi connectivity index (χ0n) is 20.4. The molecule has 2 atom stereocenters. The minimum Gasteiger partial charge on any atom is -0.475 e. The second-order valence-electron chi connectivity index (χ2n) is 10.0. The average molecular weight is 480 g/mol. The van der Waals surface area contributed by atoms with Gasteiger partial charge < -0.3 is 14.7 Å². The quantitative estimate of drug-likeness (QED) is 0.417. The summed E-state index contributed by atoms with van der Waals surface area (Å²) in [7, 11) is 2.16. The van der Waals surface area contributed by atoms with Gasteiger partial charge in [0.05, 0.1) is 30.7 Å². The van der Waals surface area contributed by atoms with Crippen LogP contribution in [0.4, 0.5) is 5.69 Å². The Kier molecular flexibility index (Phi) is 5.92. The van der Waals surface area contributed by atoms with Crippen molar-refractivity contribution < 1.29 is 9.84 Å². The van der Waals surface area contributed by atoms with Gasteiger partial charge in [0.2, 0.25) is 5.65 Å². The number of aliphatic hydroxyl groups excluding tert-OH is 1. The van der Waals surface area contributed by atoms with Crippen LogP contribution in [0.5, 0.6) is 5.88 Å². The van der Waals surface area contributed by atoms with Crippen LogP contribution in [0.25, 0.3) is 33.0 Å². The van der Waals surface area contributed by atoms with Gasteiger partial charge in [-0.25, -0.2) is 14.8 Å². The maximum atomic E-state index is 10.2. The van der Waals surface area contributed by atoms with Crippen molar-refractivity contribution in [3.05, 3.63) is 77.4 Å². The number of imidazole rings is 1. The van der Waals surface area contributed by atoms with Gasteiger partial charge in [0.1, 0.15) is 0 Å². The molecule has 1 saturated heterocycles. The van der Waals surface area contributed by atoms with E-state index in [9.17, 15) is 5.11 Å². The van der Waals surface area contributed by atoms with E-state index in [2.05, 4.69) is 44.4 Å². The van der Waals surface area contributed by atoms with E-state index in [1.165, 1.54) is 17.5 Å². The summed E-state index contributed by atoms with van der Waals surface area (Å²) >= 11 is 0. The summed E-state index contributed by atoms with van der Waals surface area (Å²) in [5, 5.41) is 10.2. The van der Waals surface area contributed by atoms with Crippen molar-refractivity contribution in [2.75, 3.05) is 26.7 Å². The average Bonchev–Trinajstić information content (AvgIpc) is 3.52. The third kappa shape index (κ3) is 4.23. The van der Waals surface area contributed by atoms with Crippen molar-refractivity contribution in [2.45, 2.75) is 31.8 Å². The lowest BCUT2D eigenvalue weighted by atomic mass is 9.99. The molecule has 7 nitrogen and oxygen atoms in total. The van der Waals surface area contributed by atoms with Crippen LogP contribution in [0.3, 0.4) is 0 Å². The number of aromatic nitrogens is 3. The maximum Gasteiger partial charge on any atom is 0.259 e. The number of rotatable bonds is 5. The lowest BCUT2D eigenvalue weighted by molar-refractivity contribution is 0.148. The minimum absolute atomic E-state index is 0.322. The molecule has 4 aromatic rings. The Morgan fingerprint density at radius 1 is 1.11 bits per heavy atom. The molecule has 1 aliphatic carbocycles. The molecular formula is C29H29N5O2. The number of aliphatic hydroxyl groups is 1. The third-order valence-corrected chi connectivity index (χ3v) is 7.35. The van der Waals surface area contributed by atoms with Gasteiger partial charge in [-0.2, -0.15) is 0 Å². The number of hydrogen-bond acceptors (Lipinski definition) is 5. The zero-order chi connectivity index (χ0) is 24.6. The van der Waals surface area contributed by atoms with Gasteiger partial charge >= 0.3 is 0 Å².